The van der Waals surface area contributed by atoms with Crippen molar-refractivity contribution in [3.05, 3.63) is 29.8 Å². The van der Waals surface area contributed by atoms with Crippen LogP contribution in [-0.2, 0) is 16.0 Å². The molecule has 0 heterocycles. The van der Waals surface area contributed by atoms with Crippen LogP contribution in [0.1, 0.15) is 39.2 Å². The first-order valence-corrected chi connectivity index (χ1v) is 7.07. The lowest BCUT2D eigenvalue weighted by Crippen LogP contribution is -2.45. The molecular formula is C16H23NO4. The summed E-state index contributed by atoms with van der Waals surface area (Å²) in [6.45, 7) is 5.90. The molecule has 116 valence electrons. The van der Waals surface area contributed by atoms with Gasteiger partial charge < -0.3 is 15.2 Å². The number of carboxylic acids is 1. The quantitative estimate of drug-likeness (QED) is 0.771. The van der Waals surface area contributed by atoms with Crippen molar-refractivity contribution in [3.63, 3.8) is 0 Å². The van der Waals surface area contributed by atoms with E-state index in [2.05, 4.69) is 5.32 Å². The molecule has 0 unspecified atom stereocenters. The number of hydrogen-bond acceptors (Lipinski definition) is 3. The fourth-order valence-electron chi connectivity index (χ4n) is 2.12. The predicted octanol–water partition coefficient (Wildman–Crippen LogP) is 2.39. The highest BCUT2D eigenvalue weighted by atomic mass is 16.5. The van der Waals surface area contributed by atoms with Crippen molar-refractivity contribution in [1.82, 2.24) is 5.32 Å². The fourth-order valence-corrected chi connectivity index (χ4v) is 2.12. The maximum Gasteiger partial charge on any atom is 0.305 e. The highest BCUT2D eigenvalue weighted by Gasteiger charge is 2.23. The van der Waals surface area contributed by atoms with Gasteiger partial charge in [0.1, 0.15) is 5.75 Å². The number of hydrogen-bond donors (Lipinski definition) is 2. The summed E-state index contributed by atoms with van der Waals surface area (Å²) >= 11 is 0. The number of aryl methyl sites for hydroxylation is 1. The van der Waals surface area contributed by atoms with Gasteiger partial charge in [-0.1, -0.05) is 18.2 Å². The number of rotatable bonds is 8. The molecule has 5 heteroatoms. The van der Waals surface area contributed by atoms with E-state index in [4.69, 9.17) is 9.84 Å². The average molecular weight is 293 g/mol. The van der Waals surface area contributed by atoms with Crippen LogP contribution in [0.2, 0.25) is 0 Å². The smallest absolute Gasteiger partial charge is 0.305 e. The van der Waals surface area contributed by atoms with E-state index in [9.17, 15) is 9.59 Å². The number of ether oxygens (including phenoxy) is 1. The van der Waals surface area contributed by atoms with E-state index in [1.54, 1.807) is 13.8 Å². The summed E-state index contributed by atoms with van der Waals surface area (Å²) in [7, 11) is 0. The molecule has 2 N–H and O–H groups in total. The number of para-hydroxylation sites is 1. The summed E-state index contributed by atoms with van der Waals surface area (Å²) in [6.07, 6.45) is 0.757. The summed E-state index contributed by atoms with van der Waals surface area (Å²) in [6, 6.07) is 7.61. The van der Waals surface area contributed by atoms with E-state index < -0.39 is 11.5 Å². The summed E-state index contributed by atoms with van der Waals surface area (Å²) in [5.74, 6) is -0.299. The minimum atomic E-state index is -0.929. The Morgan fingerprint density at radius 2 is 1.95 bits per heavy atom. The van der Waals surface area contributed by atoms with Crippen LogP contribution >= 0.6 is 0 Å². The molecule has 1 rings (SSSR count). The summed E-state index contributed by atoms with van der Waals surface area (Å²) in [4.78, 5) is 22.7. The molecule has 1 amide bonds. The molecule has 1 aromatic rings. The Morgan fingerprint density at radius 3 is 2.57 bits per heavy atom. The molecule has 0 spiro atoms. The molecule has 0 radical (unpaired) electrons. The van der Waals surface area contributed by atoms with Crippen molar-refractivity contribution in [1.29, 1.82) is 0 Å². The molecule has 0 fully saturated rings. The molecular weight excluding hydrogens is 270 g/mol. The van der Waals surface area contributed by atoms with Crippen LogP contribution < -0.4 is 10.1 Å². The SMILES string of the molecule is CCOc1ccccc1CCC(=O)NC(C)(C)CC(=O)O. The van der Waals surface area contributed by atoms with Crippen LogP contribution in [0.3, 0.4) is 0 Å². The highest BCUT2D eigenvalue weighted by molar-refractivity contribution is 5.78. The molecule has 0 aliphatic heterocycles. The van der Waals surface area contributed by atoms with Gasteiger partial charge in [-0.05, 0) is 38.8 Å². The summed E-state index contributed by atoms with van der Waals surface area (Å²) in [5, 5.41) is 11.5. The molecule has 0 bridgehead atoms. The average Bonchev–Trinajstić information content (AvgIpc) is 2.36. The molecule has 0 saturated carbocycles. The molecule has 1 aromatic carbocycles. The number of benzene rings is 1. The van der Waals surface area contributed by atoms with Crippen LogP contribution in [-0.4, -0.2) is 29.1 Å². The lowest BCUT2D eigenvalue weighted by Gasteiger charge is -2.24. The molecule has 0 aliphatic rings. The Labute approximate surface area is 125 Å². The summed E-state index contributed by atoms with van der Waals surface area (Å²) in [5.41, 5.74) is 0.230. The highest BCUT2D eigenvalue weighted by Crippen LogP contribution is 2.19. The van der Waals surface area contributed by atoms with E-state index in [0.717, 1.165) is 11.3 Å². The largest absolute Gasteiger partial charge is 0.494 e. The monoisotopic (exact) mass is 293 g/mol. The van der Waals surface area contributed by atoms with E-state index >= 15 is 0 Å². The molecule has 0 saturated heterocycles. The predicted molar refractivity (Wildman–Crippen MR) is 80.4 cm³/mol. The zero-order valence-corrected chi connectivity index (χ0v) is 12.8. The molecule has 0 aliphatic carbocycles. The van der Waals surface area contributed by atoms with Crippen LogP contribution in [0.5, 0.6) is 5.75 Å². The van der Waals surface area contributed by atoms with Crippen molar-refractivity contribution in [2.45, 2.75) is 45.6 Å². The van der Waals surface area contributed by atoms with Crippen LogP contribution in [0.4, 0.5) is 0 Å². The standard InChI is InChI=1S/C16H23NO4/c1-4-21-13-8-6-5-7-12(13)9-10-14(18)17-16(2,3)11-15(19)20/h5-8H,4,9-11H2,1-3H3,(H,17,18)(H,19,20). The van der Waals surface area contributed by atoms with Gasteiger partial charge in [0.05, 0.1) is 13.0 Å². The molecule has 5 nitrogen and oxygen atoms in total. The van der Waals surface area contributed by atoms with Gasteiger partial charge in [0.25, 0.3) is 0 Å². The van der Waals surface area contributed by atoms with Gasteiger partial charge in [-0.3, -0.25) is 9.59 Å². The molecule has 21 heavy (non-hydrogen) atoms. The van der Waals surface area contributed by atoms with Crippen molar-refractivity contribution in [3.8, 4) is 5.75 Å². The van der Waals surface area contributed by atoms with Gasteiger partial charge in [-0.2, -0.15) is 0 Å². The van der Waals surface area contributed by atoms with Gasteiger partial charge in [-0.15, -0.1) is 0 Å². The van der Waals surface area contributed by atoms with Crippen molar-refractivity contribution < 1.29 is 19.4 Å². The minimum absolute atomic E-state index is 0.103. The number of carbonyl (C=O) groups excluding carboxylic acids is 1. The second-order valence-corrected chi connectivity index (χ2v) is 5.54. The van der Waals surface area contributed by atoms with Gasteiger partial charge in [0.15, 0.2) is 0 Å². The number of carboxylic acid groups (broad SMARTS) is 1. The number of nitrogens with one attached hydrogen (secondary N) is 1. The fraction of sp³-hybridized carbons (Fsp3) is 0.500. The van der Waals surface area contributed by atoms with Crippen LogP contribution in [0, 0.1) is 0 Å². The maximum atomic E-state index is 11.9. The number of carbonyl (C=O) groups is 2. The first-order chi connectivity index (χ1) is 9.84. The third kappa shape index (κ3) is 6.29. The molecule has 0 aromatic heterocycles. The first-order valence-electron chi connectivity index (χ1n) is 7.07. The Hall–Kier alpha value is -2.04. The van der Waals surface area contributed by atoms with Gasteiger partial charge in [0, 0.05) is 12.0 Å². The van der Waals surface area contributed by atoms with E-state index in [1.165, 1.54) is 0 Å². The van der Waals surface area contributed by atoms with Crippen LogP contribution in [0.15, 0.2) is 24.3 Å². The van der Waals surface area contributed by atoms with E-state index in [1.807, 2.05) is 31.2 Å². The van der Waals surface area contributed by atoms with Crippen molar-refractivity contribution in [2.24, 2.45) is 0 Å². The third-order valence-electron chi connectivity index (χ3n) is 2.96. The zero-order chi connectivity index (χ0) is 15.9. The molecule has 0 atom stereocenters. The first kappa shape index (κ1) is 17.0. The van der Waals surface area contributed by atoms with Gasteiger partial charge in [-0.25, -0.2) is 0 Å². The number of aliphatic carboxylic acids is 1. The van der Waals surface area contributed by atoms with E-state index in [0.29, 0.717) is 19.4 Å². The maximum absolute atomic E-state index is 11.9. The zero-order valence-electron chi connectivity index (χ0n) is 12.8. The minimum Gasteiger partial charge on any atom is -0.494 e. The van der Waals surface area contributed by atoms with Gasteiger partial charge >= 0.3 is 5.97 Å². The Kier molecular flexibility index (Phi) is 6.21. The normalized spacial score (nSPS) is 11.0. The van der Waals surface area contributed by atoms with Crippen molar-refractivity contribution >= 4 is 11.9 Å². The topological polar surface area (TPSA) is 75.6 Å². The Bertz CT molecular complexity index is 497. The Balaban J connectivity index is 2.55. The summed E-state index contributed by atoms with van der Waals surface area (Å²) < 4.78 is 5.51. The third-order valence-corrected chi connectivity index (χ3v) is 2.96. The second kappa shape index (κ2) is 7.67. The second-order valence-electron chi connectivity index (χ2n) is 5.54. The van der Waals surface area contributed by atoms with Gasteiger partial charge in [0.2, 0.25) is 5.91 Å². The number of amides is 1. The van der Waals surface area contributed by atoms with E-state index in [-0.39, 0.29) is 12.3 Å². The van der Waals surface area contributed by atoms with Crippen molar-refractivity contribution in [2.75, 3.05) is 6.61 Å². The Morgan fingerprint density at radius 1 is 1.29 bits per heavy atom. The van der Waals surface area contributed by atoms with Crippen LogP contribution in [0.25, 0.3) is 0 Å². The lowest BCUT2D eigenvalue weighted by molar-refractivity contribution is -0.138. The lowest BCUT2D eigenvalue weighted by atomic mass is 10.00.